The van der Waals surface area contributed by atoms with Gasteiger partial charge in [-0.25, -0.2) is 8.78 Å². The smallest absolute Gasteiger partial charge is 0.256 e. The minimum Gasteiger partial charge on any atom is -0.256 e. The van der Waals surface area contributed by atoms with Gasteiger partial charge in [0.1, 0.15) is 5.69 Å². The molecule has 0 saturated carbocycles. The molecule has 0 aromatic carbocycles. The average Bonchev–Trinajstić information content (AvgIpc) is 2.29. The van der Waals surface area contributed by atoms with Crippen LogP contribution in [0.1, 0.15) is 32.9 Å². The lowest BCUT2D eigenvalue weighted by Gasteiger charge is -2.21. The van der Waals surface area contributed by atoms with Crippen molar-refractivity contribution in [3.8, 4) is 0 Å². The number of halogens is 3. The van der Waals surface area contributed by atoms with Gasteiger partial charge in [0.25, 0.3) is 6.43 Å². The van der Waals surface area contributed by atoms with Crippen molar-refractivity contribution < 1.29 is 13.2 Å². The summed E-state index contributed by atoms with van der Waals surface area (Å²) in [5.74, 6) is -0.870. The highest BCUT2D eigenvalue weighted by atomic mass is 19.3. The maximum absolute atomic E-state index is 12.6. The largest absolute Gasteiger partial charge is 0.280 e. The predicted octanol–water partition coefficient (Wildman–Crippen LogP) is 2.71. The van der Waals surface area contributed by atoms with E-state index in [1.54, 1.807) is 20.8 Å². The van der Waals surface area contributed by atoms with Gasteiger partial charge in [-0.15, -0.1) is 5.10 Å². The fourth-order valence-electron chi connectivity index (χ4n) is 1.06. The van der Waals surface area contributed by atoms with E-state index in [1.165, 1.54) is 0 Å². The zero-order valence-electron chi connectivity index (χ0n) is 7.68. The standard InChI is InChI=1S/C8H11F3N2/c1-8(2,3)13-5(7(10)11)4-6(9)12-13/h4,7H,1-3H3. The van der Waals surface area contributed by atoms with Crippen molar-refractivity contribution in [2.75, 3.05) is 0 Å². The molecule has 0 aliphatic rings. The summed E-state index contributed by atoms with van der Waals surface area (Å²) < 4.78 is 38.3. The summed E-state index contributed by atoms with van der Waals surface area (Å²) in [4.78, 5) is 0. The van der Waals surface area contributed by atoms with Crippen LogP contribution in [0.2, 0.25) is 0 Å². The van der Waals surface area contributed by atoms with Gasteiger partial charge < -0.3 is 0 Å². The molecule has 0 unspecified atom stereocenters. The molecule has 0 bridgehead atoms. The normalized spacial score (nSPS) is 12.5. The molecule has 0 N–H and O–H groups in total. The molecule has 13 heavy (non-hydrogen) atoms. The molecular formula is C8H11F3N2. The van der Waals surface area contributed by atoms with Crippen molar-refractivity contribution >= 4 is 0 Å². The Labute approximate surface area is 74.4 Å². The first-order chi connectivity index (χ1) is 5.82. The number of aromatic nitrogens is 2. The third-order valence-electron chi connectivity index (χ3n) is 1.57. The van der Waals surface area contributed by atoms with Crippen molar-refractivity contribution in [1.82, 2.24) is 9.78 Å². The second kappa shape index (κ2) is 3.05. The first-order valence-electron chi connectivity index (χ1n) is 3.86. The Hall–Kier alpha value is -1.00. The average molecular weight is 192 g/mol. The highest BCUT2D eigenvalue weighted by molar-refractivity contribution is 5.06. The molecule has 1 rings (SSSR count). The second-order valence-electron chi connectivity index (χ2n) is 3.78. The number of alkyl halides is 2. The minimum atomic E-state index is -2.70. The van der Waals surface area contributed by atoms with Crippen LogP contribution in [0.15, 0.2) is 6.07 Å². The van der Waals surface area contributed by atoms with Gasteiger partial charge in [-0.1, -0.05) is 0 Å². The third kappa shape index (κ3) is 2.02. The molecule has 0 radical (unpaired) electrons. The van der Waals surface area contributed by atoms with E-state index in [0.29, 0.717) is 0 Å². The lowest BCUT2D eigenvalue weighted by atomic mass is 10.1. The van der Waals surface area contributed by atoms with Crippen LogP contribution in [-0.4, -0.2) is 9.78 Å². The van der Waals surface area contributed by atoms with Gasteiger partial charge in [-0.2, -0.15) is 4.39 Å². The van der Waals surface area contributed by atoms with E-state index >= 15 is 0 Å². The van der Waals surface area contributed by atoms with Gasteiger partial charge in [0.05, 0.1) is 5.54 Å². The van der Waals surface area contributed by atoms with Crippen LogP contribution in [0, 0.1) is 5.95 Å². The van der Waals surface area contributed by atoms with Crippen LogP contribution in [0.5, 0.6) is 0 Å². The lowest BCUT2D eigenvalue weighted by Crippen LogP contribution is -2.25. The summed E-state index contributed by atoms with van der Waals surface area (Å²) in [6, 6.07) is 0.760. The first-order valence-corrected chi connectivity index (χ1v) is 3.86. The van der Waals surface area contributed by atoms with Gasteiger partial charge in [0, 0.05) is 6.07 Å². The fraction of sp³-hybridized carbons (Fsp3) is 0.625. The summed E-state index contributed by atoms with van der Waals surface area (Å²) in [5, 5.41) is 3.37. The monoisotopic (exact) mass is 192 g/mol. The third-order valence-corrected chi connectivity index (χ3v) is 1.57. The molecule has 5 heteroatoms. The first kappa shape index (κ1) is 10.1. The summed E-state index contributed by atoms with van der Waals surface area (Å²) in [7, 11) is 0. The summed E-state index contributed by atoms with van der Waals surface area (Å²) in [6.07, 6.45) is -2.70. The summed E-state index contributed by atoms with van der Waals surface area (Å²) >= 11 is 0. The number of hydrogen-bond acceptors (Lipinski definition) is 1. The summed E-state index contributed by atoms with van der Waals surface area (Å²) in [5.41, 5.74) is -1.01. The molecule has 0 spiro atoms. The van der Waals surface area contributed by atoms with E-state index < -0.39 is 17.9 Å². The maximum atomic E-state index is 12.6. The molecule has 1 heterocycles. The molecule has 0 saturated heterocycles. The molecule has 0 atom stereocenters. The van der Waals surface area contributed by atoms with E-state index in [1.807, 2.05) is 0 Å². The van der Waals surface area contributed by atoms with Crippen molar-refractivity contribution in [3.05, 3.63) is 17.7 Å². The molecular weight excluding hydrogens is 181 g/mol. The van der Waals surface area contributed by atoms with Gasteiger partial charge in [-0.3, -0.25) is 4.68 Å². The van der Waals surface area contributed by atoms with E-state index in [-0.39, 0.29) is 5.69 Å². The lowest BCUT2D eigenvalue weighted by molar-refractivity contribution is 0.130. The fourth-order valence-corrected chi connectivity index (χ4v) is 1.06. The number of hydrogen-bond donors (Lipinski definition) is 0. The Kier molecular flexibility index (Phi) is 2.36. The van der Waals surface area contributed by atoms with Crippen molar-refractivity contribution in [2.45, 2.75) is 32.7 Å². The topological polar surface area (TPSA) is 17.8 Å². The molecule has 0 aliphatic heterocycles. The van der Waals surface area contributed by atoms with Gasteiger partial charge in [0.15, 0.2) is 0 Å². The Morgan fingerprint density at radius 3 is 2.23 bits per heavy atom. The van der Waals surface area contributed by atoms with Crippen molar-refractivity contribution in [3.63, 3.8) is 0 Å². The quantitative estimate of drug-likeness (QED) is 0.668. The Bertz CT molecular complexity index is 299. The van der Waals surface area contributed by atoms with Gasteiger partial charge in [-0.05, 0) is 20.8 Å². The van der Waals surface area contributed by atoms with Crippen LogP contribution in [0.25, 0.3) is 0 Å². The van der Waals surface area contributed by atoms with Gasteiger partial charge in [0.2, 0.25) is 5.95 Å². The van der Waals surface area contributed by atoms with E-state index in [2.05, 4.69) is 5.10 Å². The van der Waals surface area contributed by atoms with Crippen LogP contribution in [0.3, 0.4) is 0 Å². The number of rotatable bonds is 1. The predicted molar refractivity (Wildman–Crippen MR) is 42.1 cm³/mol. The SMILES string of the molecule is CC(C)(C)n1nc(F)cc1C(F)F. The molecule has 2 nitrogen and oxygen atoms in total. The van der Waals surface area contributed by atoms with Crippen molar-refractivity contribution in [1.29, 1.82) is 0 Å². The minimum absolute atomic E-state index is 0.384. The highest BCUT2D eigenvalue weighted by Crippen LogP contribution is 2.25. The van der Waals surface area contributed by atoms with Crippen LogP contribution < -0.4 is 0 Å². The Morgan fingerprint density at radius 1 is 1.38 bits per heavy atom. The molecule has 0 amide bonds. The Balaban J connectivity index is 3.20. The van der Waals surface area contributed by atoms with Crippen LogP contribution in [-0.2, 0) is 5.54 Å². The van der Waals surface area contributed by atoms with Gasteiger partial charge >= 0.3 is 0 Å². The maximum Gasteiger partial charge on any atom is 0.280 e. The van der Waals surface area contributed by atoms with E-state index in [4.69, 9.17) is 0 Å². The van der Waals surface area contributed by atoms with E-state index in [0.717, 1.165) is 10.7 Å². The molecule has 1 aromatic rings. The molecule has 74 valence electrons. The molecule has 1 aromatic heterocycles. The Morgan fingerprint density at radius 2 is 1.92 bits per heavy atom. The van der Waals surface area contributed by atoms with Crippen molar-refractivity contribution in [2.24, 2.45) is 0 Å². The molecule has 0 fully saturated rings. The van der Waals surface area contributed by atoms with Crippen LogP contribution in [0.4, 0.5) is 13.2 Å². The zero-order chi connectivity index (χ0) is 10.2. The van der Waals surface area contributed by atoms with E-state index in [9.17, 15) is 13.2 Å². The summed E-state index contributed by atoms with van der Waals surface area (Å²) in [6.45, 7) is 5.06. The second-order valence-corrected chi connectivity index (χ2v) is 3.78. The van der Waals surface area contributed by atoms with Crippen LogP contribution >= 0.6 is 0 Å². The number of nitrogens with zero attached hydrogens (tertiary/aromatic N) is 2. The zero-order valence-corrected chi connectivity index (χ0v) is 7.68. The highest BCUT2D eigenvalue weighted by Gasteiger charge is 2.24. The molecule has 0 aliphatic carbocycles.